The SMILES string of the molecule is O=C(Nc1c(Cl)cc(Cl)c2nsnc12)C1CNCCO1. The minimum atomic E-state index is -0.544. The third kappa shape index (κ3) is 2.59. The summed E-state index contributed by atoms with van der Waals surface area (Å²) in [5.74, 6) is -0.268. The molecule has 1 atom stereocenters. The Kier molecular flexibility index (Phi) is 4.04. The molecule has 0 bridgehead atoms. The van der Waals surface area contributed by atoms with E-state index >= 15 is 0 Å². The van der Waals surface area contributed by atoms with Gasteiger partial charge in [0.1, 0.15) is 17.1 Å². The zero-order valence-corrected chi connectivity index (χ0v) is 12.5. The lowest BCUT2D eigenvalue weighted by molar-refractivity contribution is -0.128. The topological polar surface area (TPSA) is 76.1 Å². The Hall–Kier alpha value is -0.990. The van der Waals surface area contributed by atoms with Crippen molar-refractivity contribution < 1.29 is 9.53 Å². The summed E-state index contributed by atoms with van der Waals surface area (Å²) in [6, 6.07) is 1.54. The van der Waals surface area contributed by atoms with Gasteiger partial charge in [0.2, 0.25) is 0 Å². The molecule has 0 saturated carbocycles. The fourth-order valence-electron chi connectivity index (χ4n) is 1.93. The summed E-state index contributed by atoms with van der Waals surface area (Å²) in [5.41, 5.74) is 1.43. The smallest absolute Gasteiger partial charge is 0.254 e. The molecule has 20 heavy (non-hydrogen) atoms. The minimum absolute atomic E-state index is 0.268. The van der Waals surface area contributed by atoms with Gasteiger partial charge in [-0.05, 0) is 6.07 Å². The average Bonchev–Trinajstić information content (AvgIpc) is 2.94. The summed E-state index contributed by atoms with van der Waals surface area (Å²) >= 11 is 13.2. The molecular formula is C11H10Cl2N4O2S. The Bertz CT molecular complexity index is 657. The number of amides is 1. The highest BCUT2D eigenvalue weighted by atomic mass is 35.5. The first kappa shape index (κ1) is 14.0. The Morgan fingerprint density at radius 3 is 2.95 bits per heavy atom. The number of aromatic nitrogens is 2. The third-order valence-electron chi connectivity index (χ3n) is 2.91. The number of halogens is 2. The Balaban J connectivity index is 1.90. The fourth-order valence-corrected chi connectivity index (χ4v) is 3.09. The maximum absolute atomic E-state index is 12.2. The highest BCUT2D eigenvalue weighted by Crippen LogP contribution is 2.35. The summed E-state index contributed by atoms with van der Waals surface area (Å²) in [7, 11) is 0. The lowest BCUT2D eigenvalue weighted by atomic mass is 10.2. The standard InChI is InChI=1S/C11H10Cl2N4O2S/c12-5-3-6(13)9-10(17-20-16-9)8(5)15-11(18)7-4-14-1-2-19-7/h3,7,14H,1-2,4H2,(H,15,18). The lowest BCUT2D eigenvalue weighted by Gasteiger charge is -2.23. The van der Waals surface area contributed by atoms with Gasteiger partial charge in [0, 0.05) is 13.1 Å². The highest BCUT2D eigenvalue weighted by molar-refractivity contribution is 7.00. The fraction of sp³-hybridized carbons (Fsp3) is 0.364. The average molecular weight is 333 g/mol. The first-order valence-electron chi connectivity index (χ1n) is 5.90. The van der Waals surface area contributed by atoms with E-state index in [2.05, 4.69) is 19.4 Å². The monoisotopic (exact) mass is 332 g/mol. The van der Waals surface area contributed by atoms with Crippen LogP contribution >= 0.6 is 34.9 Å². The Labute approximate surface area is 128 Å². The Morgan fingerprint density at radius 2 is 2.20 bits per heavy atom. The van der Waals surface area contributed by atoms with Gasteiger partial charge in [-0.3, -0.25) is 4.79 Å². The van der Waals surface area contributed by atoms with E-state index in [1.165, 1.54) is 0 Å². The maximum Gasteiger partial charge on any atom is 0.254 e. The third-order valence-corrected chi connectivity index (χ3v) is 4.03. The van der Waals surface area contributed by atoms with Crippen molar-refractivity contribution in [2.24, 2.45) is 0 Å². The van der Waals surface area contributed by atoms with Crippen molar-refractivity contribution in [1.82, 2.24) is 14.1 Å². The van der Waals surface area contributed by atoms with E-state index in [0.29, 0.717) is 39.9 Å². The van der Waals surface area contributed by atoms with Crippen LogP contribution in [0.3, 0.4) is 0 Å². The largest absolute Gasteiger partial charge is 0.366 e. The van der Waals surface area contributed by atoms with Crippen molar-refractivity contribution in [3.05, 3.63) is 16.1 Å². The molecule has 1 aliphatic rings. The van der Waals surface area contributed by atoms with Gasteiger partial charge in [0.05, 0.1) is 34.1 Å². The molecule has 1 amide bonds. The van der Waals surface area contributed by atoms with Crippen LogP contribution in [0.15, 0.2) is 6.07 Å². The number of benzene rings is 1. The van der Waals surface area contributed by atoms with Crippen LogP contribution < -0.4 is 10.6 Å². The summed E-state index contributed by atoms with van der Waals surface area (Å²) in [6.45, 7) is 1.71. The van der Waals surface area contributed by atoms with Crippen LogP contribution in [0, 0.1) is 0 Å². The lowest BCUT2D eigenvalue weighted by Crippen LogP contribution is -2.45. The number of ether oxygens (including phenoxy) is 1. The van der Waals surface area contributed by atoms with Gasteiger partial charge in [-0.2, -0.15) is 8.75 Å². The number of morpholine rings is 1. The normalized spacial score (nSPS) is 19.2. The van der Waals surface area contributed by atoms with Crippen molar-refractivity contribution in [3.63, 3.8) is 0 Å². The second kappa shape index (κ2) is 5.79. The van der Waals surface area contributed by atoms with Crippen molar-refractivity contribution >= 4 is 57.6 Å². The molecule has 1 fully saturated rings. The molecule has 2 N–H and O–H groups in total. The molecule has 0 aliphatic carbocycles. The number of nitrogens with one attached hydrogen (secondary N) is 2. The Morgan fingerprint density at radius 1 is 1.40 bits per heavy atom. The van der Waals surface area contributed by atoms with Crippen LogP contribution in [-0.2, 0) is 9.53 Å². The molecule has 0 spiro atoms. The van der Waals surface area contributed by atoms with Crippen LogP contribution in [0.2, 0.25) is 10.0 Å². The number of anilines is 1. The molecule has 3 rings (SSSR count). The number of fused-ring (bicyclic) bond motifs is 1. The van der Waals surface area contributed by atoms with E-state index < -0.39 is 6.10 Å². The van der Waals surface area contributed by atoms with Gasteiger partial charge in [-0.25, -0.2) is 0 Å². The molecule has 2 aromatic rings. The predicted molar refractivity (Wildman–Crippen MR) is 78.7 cm³/mol. The van der Waals surface area contributed by atoms with Gasteiger partial charge < -0.3 is 15.4 Å². The molecule has 9 heteroatoms. The molecule has 106 valence electrons. The quantitative estimate of drug-likeness (QED) is 0.878. The van der Waals surface area contributed by atoms with Gasteiger partial charge in [-0.15, -0.1) is 0 Å². The predicted octanol–water partition coefficient (Wildman–Crippen LogP) is 1.92. The molecule has 2 heterocycles. The van der Waals surface area contributed by atoms with Gasteiger partial charge in [0.15, 0.2) is 0 Å². The van der Waals surface area contributed by atoms with Gasteiger partial charge >= 0.3 is 0 Å². The number of hydrogen-bond donors (Lipinski definition) is 2. The number of carbonyl (C=O) groups excluding carboxylic acids is 1. The second-order valence-corrected chi connectivity index (χ2v) is 5.57. The van der Waals surface area contributed by atoms with Crippen molar-refractivity contribution in [1.29, 1.82) is 0 Å². The minimum Gasteiger partial charge on any atom is -0.366 e. The molecule has 1 saturated heterocycles. The molecule has 1 aromatic carbocycles. The van der Waals surface area contributed by atoms with Crippen LogP contribution in [0.1, 0.15) is 0 Å². The molecule has 6 nitrogen and oxygen atoms in total. The molecule has 0 radical (unpaired) electrons. The molecule has 1 unspecified atom stereocenters. The zero-order chi connectivity index (χ0) is 14.1. The van der Waals surface area contributed by atoms with E-state index in [1.54, 1.807) is 6.07 Å². The van der Waals surface area contributed by atoms with Crippen molar-refractivity contribution in [3.8, 4) is 0 Å². The van der Waals surface area contributed by atoms with E-state index in [-0.39, 0.29) is 5.91 Å². The van der Waals surface area contributed by atoms with Crippen molar-refractivity contribution in [2.75, 3.05) is 25.0 Å². The van der Waals surface area contributed by atoms with Gasteiger partial charge in [0.25, 0.3) is 5.91 Å². The molecular weight excluding hydrogens is 323 g/mol. The molecule has 1 aromatic heterocycles. The van der Waals surface area contributed by atoms with Crippen LogP contribution in [0.25, 0.3) is 11.0 Å². The van der Waals surface area contributed by atoms with Crippen molar-refractivity contribution in [2.45, 2.75) is 6.10 Å². The first-order valence-corrected chi connectivity index (χ1v) is 7.39. The first-order chi connectivity index (χ1) is 9.66. The number of carbonyl (C=O) groups is 1. The highest BCUT2D eigenvalue weighted by Gasteiger charge is 2.24. The maximum atomic E-state index is 12.2. The van der Waals surface area contributed by atoms with Crippen LogP contribution in [0.4, 0.5) is 5.69 Å². The number of nitrogens with zero attached hydrogens (tertiary/aromatic N) is 2. The van der Waals surface area contributed by atoms with E-state index in [0.717, 1.165) is 18.3 Å². The zero-order valence-electron chi connectivity index (χ0n) is 10.2. The van der Waals surface area contributed by atoms with E-state index in [4.69, 9.17) is 27.9 Å². The summed E-state index contributed by atoms with van der Waals surface area (Å²) in [6.07, 6.45) is -0.544. The van der Waals surface area contributed by atoms with Crippen LogP contribution in [-0.4, -0.2) is 40.5 Å². The van der Waals surface area contributed by atoms with Gasteiger partial charge in [-0.1, -0.05) is 23.2 Å². The number of hydrogen-bond acceptors (Lipinski definition) is 6. The summed E-state index contributed by atoms with van der Waals surface area (Å²) in [5, 5.41) is 6.57. The van der Waals surface area contributed by atoms with E-state index in [1.807, 2.05) is 0 Å². The molecule has 1 aliphatic heterocycles. The summed E-state index contributed by atoms with van der Waals surface area (Å²) < 4.78 is 13.6. The number of rotatable bonds is 2. The van der Waals surface area contributed by atoms with Crippen LogP contribution in [0.5, 0.6) is 0 Å². The van der Waals surface area contributed by atoms with E-state index in [9.17, 15) is 4.79 Å². The second-order valence-electron chi connectivity index (χ2n) is 4.23. The summed E-state index contributed by atoms with van der Waals surface area (Å²) in [4.78, 5) is 12.2.